The predicted molar refractivity (Wildman–Crippen MR) is 92.0 cm³/mol. The zero-order valence-corrected chi connectivity index (χ0v) is 14.5. The molecule has 0 saturated carbocycles. The number of piperidine rings is 1. The standard InChI is InChI=1S/C18H26N4O2/c1-14-5-7-17(8-6-14)23-11-9-19-16-4-3-10-22(12-16)13-18-20-15(2)24-21-18/h5-8,16,19H,3-4,9-13H2,1-2H3/t16-/m0/s1. The number of benzene rings is 1. The highest BCUT2D eigenvalue weighted by atomic mass is 16.5. The van der Waals surface area contributed by atoms with Gasteiger partial charge >= 0.3 is 0 Å². The van der Waals surface area contributed by atoms with Gasteiger partial charge < -0.3 is 14.6 Å². The highest BCUT2D eigenvalue weighted by Gasteiger charge is 2.20. The molecule has 0 radical (unpaired) electrons. The Balaban J connectivity index is 1.36. The number of hydrogen-bond donors (Lipinski definition) is 1. The van der Waals surface area contributed by atoms with Crippen molar-refractivity contribution in [3.63, 3.8) is 0 Å². The highest BCUT2D eigenvalue weighted by Crippen LogP contribution is 2.13. The summed E-state index contributed by atoms with van der Waals surface area (Å²) in [7, 11) is 0. The van der Waals surface area contributed by atoms with Gasteiger partial charge in [0, 0.05) is 26.1 Å². The molecule has 6 heteroatoms. The van der Waals surface area contributed by atoms with Crippen molar-refractivity contribution < 1.29 is 9.26 Å². The smallest absolute Gasteiger partial charge is 0.223 e. The zero-order valence-electron chi connectivity index (χ0n) is 14.5. The first kappa shape index (κ1) is 16.9. The number of aryl methyl sites for hydroxylation is 2. The van der Waals surface area contributed by atoms with E-state index in [9.17, 15) is 0 Å². The number of aromatic nitrogens is 2. The van der Waals surface area contributed by atoms with Gasteiger partial charge in [0.05, 0.1) is 6.54 Å². The molecule has 3 rings (SSSR count). The summed E-state index contributed by atoms with van der Waals surface area (Å²) in [4.78, 5) is 6.67. The van der Waals surface area contributed by atoms with E-state index in [1.165, 1.54) is 18.4 Å². The molecule has 2 aromatic rings. The van der Waals surface area contributed by atoms with E-state index in [0.29, 0.717) is 18.5 Å². The molecule has 1 N–H and O–H groups in total. The fraction of sp³-hybridized carbons (Fsp3) is 0.556. The molecule has 1 aromatic heterocycles. The van der Waals surface area contributed by atoms with Gasteiger partial charge in [0.2, 0.25) is 5.89 Å². The van der Waals surface area contributed by atoms with Gasteiger partial charge in [0.15, 0.2) is 5.82 Å². The minimum atomic E-state index is 0.494. The maximum absolute atomic E-state index is 5.77. The van der Waals surface area contributed by atoms with E-state index in [4.69, 9.17) is 9.26 Å². The Kier molecular flexibility index (Phi) is 5.82. The van der Waals surface area contributed by atoms with E-state index < -0.39 is 0 Å². The van der Waals surface area contributed by atoms with E-state index in [1.54, 1.807) is 0 Å². The van der Waals surface area contributed by atoms with Crippen LogP contribution in [0.5, 0.6) is 5.75 Å². The molecule has 1 aromatic carbocycles. The first-order valence-electron chi connectivity index (χ1n) is 8.63. The summed E-state index contributed by atoms with van der Waals surface area (Å²) in [6.07, 6.45) is 2.39. The molecule has 0 aliphatic carbocycles. The fourth-order valence-corrected chi connectivity index (χ4v) is 3.04. The number of hydrogen-bond acceptors (Lipinski definition) is 6. The minimum Gasteiger partial charge on any atom is -0.492 e. The maximum atomic E-state index is 5.77. The SMILES string of the molecule is Cc1ccc(OCCN[C@H]2CCCN(Cc3noc(C)n3)C2)cc1. The van der Waals surface area contributed by atoms with Gasteiger partial charge in [-0.15, -0.1) is 0 Å². The molecule has 24 heavy (non-hydrogen) atoms. The molecule has 1 fully saturated rings. The average Bonchev–Trinajstić information content (AvgIpc) is 2.98. The van der Waals surface area contributed by atoms with E-state index in [0.717, 1.165) is 37.8 Å². The lowest BCUT2D eigenvalue weighted by atomic mass is 10.1. The number of nitrogens with zero attached hydrogens (tertiary/aromatic N) is 3. The van der Waals surface area contributed by atoms with Crippen LogP contribution in [0.4, 0.5) is 0 Å². The monoisotopic (exact) mass is 330 g/mol. The Morgan fingerprint density at radius 1 is 1.29 bits per heavy atom. The highest BCUT2D eigenvalue weighted by molar-refractivity contribution is 5.26. The van der Waals surface area contributed by atoms with Gasteiger partial charge in [-0.05, 0) is 38.4 Å². The quantitative estimate of drug-likeness (QED) is 0.786. The number of likely N-dealkylation sites (tertiary alicyclic amines) is 1. The van der Waals surface area contributed by atoms with E-state index >= 15 is 0 Å². The zero-order chi connectivity index (χ0) is 16.8. The van der Waals surface area contributed by atoms with Gasteiger partial charge in [-0.25, -0.2) is 0 Å². The second-order valence-electron chi connectivity index (χ2n) is 6.42. The molecule has 1 aliphatic rings. The Bertz CT molecular complexity index is 626. The van der Waals surface area contributed by atoms with Crippen molar-refractivity contribution in [3.05, 3.63) is 41.5 Å². The van der Waals surface area contributed by atoms with Crippen LogP contribution in [-0.4, -0.2) is 47.3 Å². The van der Waals surface area contributed by atoms with Gasteiger partial charge in [0.25, 0.3) is 0 Å². The first-order valence-corrected chi connectivity index (χ1v) is 8.63. The molecule has 0 amide bonds. The molecule has 1 aliphatic heterocycles. The summed E-state index contributed by atoms with van der Waals surface area (Å²) in [6.45, 7) is 8.30. The summed E-state index contributed by atoms with van der Waals surface area (Å²) in [5, 5.41) is 7.58. The van der Waals surface area contributed by atoms with Crippen molar-refractivity contribution >= 4 is 0 Å². The van der Waals surface area contributed by atoms with E-state index in [2.05, 4.69) is 39.4 Å². The molecule has 1 saturated heterocycles. The minimum absolute atomic E-state index is 0.494. The Hall–Kier alpha value is -1.92. The first-order chi connectivity index (χ1) is 11.7. The number of ether oxygens (including phenoxy) is 1. The molecular weight excluding hydrogens is 304 g/mol. The second kappa shape index (κ2) is 8.26. The molecule has 1 atom stereocenters. The Labute approximate surface area is 143 Å². The largest absolute Gasteiger partial charge is 0.492 e. The normalized spacial score (nSPS) is 18.7. The molecule has 0 spiro atoms. The van der Waals surface area contributed by atoms with Crippen LogP contribution in [-0.2, 0) is 6.54 Å². The van der Waals surface area contributed by atoms with Crippen molar-refractivity contribution in [1.82, 2.24) is 20.4 Å². The topological polar surface area (TPSA) is 63.4 Å². The second-order valence-corrected chi connectivity index (χ2v) is 6.42. The molecule has 0 bridgehead atoms. The van der Waals surface area contributed by atoms with Gasteiger partial charge in [-0.2, -0.15) is 4.98 Å². The number of nitrogens with one attached hydrogen (secondary N) is 1. The van der Waals surface area contributed by atoms with Crippen LogP contribution < -0.4 is 10.1 Å². The average molecular weight is 330 g/mol. The van der Waals surface area contributed by atoms with Gasteiger partial charge in [-0.3, -0.25) is 4.90 Å². The van der Waals surface area contributed by atoms with Crippen molar-refractivity contribution in [2.24, 2.45) is 0 Å². The van der Waals surface area contributed by atoms with Crippen molar-refractivity contribution in [2.75, 3.05) is 26.2 Å². The summed E-state index contributed by atoms with van der Waals surface area (Å²) in [5.74, 6) is 2.33. The van der Waals surface area contributed by atoms with Crippen LogP contribution in [0.25, 0.3) is 0 Å². The van der Waals surface area contributed by atoms with E-state index in [1.807, 2.05) is 19.1 Å². The van der Waals surface area contributed by atoms with Crippen molar-refractivity contribution in [3.8, 4) is 5.75 Å². The van der Waals surface area contributed by atoms with Crippen LogP contribution >= 0.6 is 0 Å². The lowest BCUT2D eigenvalue weighted by Crippen LogP contribution is -2.46. The fourth-order valence-electron chi connectivity index (χ4n) is 3.04. The summed E-state index contributed by atoms with van der Waals surface area (Å²) >= 11 is 0. The van der Waals surface area contributed by atoms with Gasteiger partial charge in [-0.1, -0.05) is 22.9 Å². The van der Waals surface area contributed by atoms with Crippen molar-refractivity contribution in [2.45, 2.75) is 39.3 Å². The van der Waals surface area contributed by atoms with Crippen LogP contribution in [0.15, 0.2) is 28.8 Å². The maximum Gasteiger partial charge on any atom is 0.223 e. The summed E-state index contributed by atoms with van der Waals surface area (Å²) in [6, 6.07) is 8.67. The van der Waals surface area contributed by atoms with Gasteiger partial charge in [0.1, 0.15) is 12.4 Å². The van der Waals surface area contributed by atoms with Crippen LogP contribution in [0.3, 0.4) is 0 Å². The Morgan fingerprint density at radius 2 is 2.12 bits per heavy atom. The number of rotatable bonds is 7. The third kappa shape index (κ3) is 5.04. The third-order valence-electron chi connectivity index (χ3n) is 4.26. The molecule has 0 unspecified atom stereocenters. The summed E-state index contributed by atoms with van der Waals surface area (Å²) < 4.78 is 10.8. The lowest BCUT2D eigenvalue weighted by molar-refractivity contribution is 0.173. The molecule has 2 heterocycles. The lowest BCUT2D eigenvalue weighted by Gasteiger charge is -2.32. The third-order valence-corrected chi connectivity index (χ3v) is 4.26. The molecule has 130 valence electrons. The van der Waals surface area contributed by atoms with Crippen molar-refractivity contribution in [1.29, 1.82) is 0 Å². The summed E-state index contributed by atoms with van der Waals surface area (Å²) in [5.41, 5.74) is 1.25. The Morgan fingerprint density at radius 3 is 2.88 bits per heavy atom. The van der Waals surface area contributed by atoms with Crippen LogP contribution in [0, 0.1) is 13.8 Å². The van der Waals surface area contributed by atoms with Crippen LogP contribution in [0.1, 0.15) is 30.1 Å². The molecular formula is C18H26N4O2. The predicted octanol–water partition coefficient (Wildman–Crippen LogP) is 2.32. The van der Waals surface area contributed by atoms with Crippen LogP contribution in [0.2, 0.25) is 0 Å². The molecule has 6 nitrogen and oxygen atoms in total. The van der Waals surface area contributed by atoms with E-state index in [-0.39, 0.29) is 0 Å².